The molecule has 1 aromatic carbocycles. The second-order valence-corrected chi connectivity index (χ2v) is 11.7. The summed E-state index contributed by atoms with van der Waals surface area (Å²) >= 11 is 1.49. The fourth-order valence-corrected chi connectivity index (χ4v) is 8.08. The Hall–Kier alpha value is -2.54. The smallest absolute Gasteiger partial charge is 0.230 e. The van der Waals surface area contributed by atoms with Crippen molar-refractivity contribution in [3.05, 3.63) is 54.0 Å². The Kier molecular flexibility index (Phi) is 5.55. The van der Waals surface area contributed by atoms with Crippen molar-refractivity contribution >= 4 is 28.6 Å². The van der Waals surface area contributed by atoms with Crippen LogP contribution in [0.25, 0.3) is 10.9 Å². The van der Waals surface area contributed by atoms with Gasteiger partial charge in [0, 0.05) is 35.1 Å². The van der Waals surface area contributed by atoms with E-state index in [1.54, 1.807) is 0 Å². The number of benzene rings is 1. The van der Waals surface area contributed by atoms with Gasteiger partial charge in [0.25, 0.3) is 0 Å². The molecule has 2 aromatic heterocycles. The van der Waals surface area contributed by atoms with Gasteiger partial charge in [0.1, 0.15) is 5.82 Å². The molecule has 0 spiro atoms. The van der Waals surface area contributed by atoms with E-state index in [0.717, 1.165) is 39.9 Å². The van der Waals surface area contributed by atoms with E-state index in [1.807, 2.05) is 12.1 Å². The van der Waals surface area contributed by atoms with Gasteiger partial charge >= 0.3 is 0 Å². The van der Waals surface area contributed by atoms with Crippen LogP contribution in [0.15, 0.2) is 42.1 Å². The van der Waals surface area contributed by atoms with Gasteiger partial charge in [-0.1, -0.05) is 36.0 Å². The largest absolute Gasteiger partial charge is 0.358 e. The van der Waals surface area contributed by atoms with Crippen LogP contribution in [0.2, 0.25) is 0 Å². The zero-order chi connectivity index (χ0) is 23.3. The van der Waals surface area contributed by atoms with Crippen LogP contribution < -0.4 is 5.32 Å². The molecule has 7 heteroatoms. The third-order valence-electron chi connectivity index (χ3n) is 8.24. The highest BCUT2D eigenvalue weighted by atomic mass is 32.2. The van der Waals surface area contributed by atoms with E-state index in [9.17, 15) is 4.79 Å². The summed E-state index contributed by atoms with van der Waals surface area (Å²) in [5, 5.41) is 14.5. The van der Waals surface area contributed by atoms with Crippen LogP contribution in [-0.4, -0.2) is 36.9 Å². The van der Waals surface area contributed by atoms with Crippen molar-refractivity contribution in [1.82, 2.24) is 25.1 Å². The molecule has 0 unspecified atom stereocenters. The van der Waals surface area contributed by atoms with Crippen LogP contribution in [0.4, 0.5) is 0 Å². The first kappa shape index (κ1) is 22.0. The van der Waals surface area contributed by atoms with Crippen LogP contribution in [0.1, 0.15) is 55.6 Å². The van der Waals surface area contributed by atoms with Crippen molar-refractivity contribution in [1.29, 1.82) is 0 Å². The minimum absolute atomic E-state index is 0.0548. The van der Waals surface area contributed by atoms with Gasteiger partial charge in [-0.25, -0.2) is 0 Å². The first-order chi connectivity index (χ1) is 16.5. The monoisotopic (exact) mass is 475 g/mol. The number of allylic oxidation sites excluding steroid dienone is 1. The zero-order valence-corrected chi connectivity index (χ0v) is 20.7. The average molecular weight is 476 g/mol. The summed E-state index contributed by atoms with van der Waals surface area (Å²) in [5.74, 6) is 3.88. The number of fused-ring (bicyclic) bond motifs is 1. The topological polar surface area (TPSA) is 75.6 Å². The molecule has 2 heterocycles. The quantitative estimate of drug-likeness (QED) is 0.354. The number of aryl methyl sites for hydroxylation is 1. The Morgan fingerprint density at radius 3 is 2.62 bits per heavy atom. The van der Waals surface area contributed by atoms with Crippen LogP contribution in [0, 0.1) is 24.7 Å². The van der Waals surface area contributed by atoms with E-state index in [2.05, 4.69) is 56.8 Å². The SMILES string of the molecule is C=CCn1c(Cc2c(C)[nH]c3ccccc23)nnc1SCC(=O)NC12CC3CC(CC(C3)C1)C2. The molecule has 6 nitrogen and oxygen atoms in total. The molecule has 1 amide bonds. The number of amides is 1. The van der Waals surface area contributed by atoms with Gasteiger partial charge in [0.05, 0.1) is 5.75 Å². The molecule has 7 rings (SSSR count). The number of nitrogens with one attached hydrogen (secondary N) is 2. The van der Waals surface area contributed by atoms with Gasteiger partial charge in [0.15, 0.2) is 5.16 Å². The summed E-state index contributed by atoms with van der Waals surface area (Å²) < 4.78 is 2.09. The summed E-state index contributed by atoms with van der Waals surface area (Å²) in [5.41, 5.74) is 3.59. The first-order valence-corrected chi connectivity index (χ1v) is 13.5. The fourth-order valence-electron chi connectivity index (χ4n) is 7.32. The van der Waals surface area contributed by atoms with Crippen molar-refractivity contribution in [3.8, 4) is 0 Å². The number of para-hydroxylation sites is 1. The minimum Gasteiger partial charge on any atom is -0.358 e. The summed E-state index contributed by atoms with van der Waals surface area (Å²) in [6.07, 6.45) is 10.2. The Morgan fingerprint density at radius 1 is 1.21 bits per heavy atom. The molecule has 0 saturated heterocycles. The Morgan fingerprint density at radius 2 is 1.91 bits per heavy atom. The third kappa shape index (κ3) is 3.98. The molecule has 4 aliphatic rings. The number of carbonyl (C=O) groups is 1. The van der Waals surface area contributed by atoms with E-state index >= 15 is 0 Å². The number of hydrogen-bond acceptors (Lipinski definition) is 4. The van der Waals surface area contributed by atoms with E-state index in [4.69, 9.17) is 0 Å². The molecule has 3 aromatic rings. The normalized spacial score (nSPS) is 27.4. The zero-order valence-electron chi connectivity index (χ0n) is 19.8. The second-order valence-electron chi connectivity index (χ2n) is 10.8. The van der Waals surface area contributed by atoms with Crippen LogP contribution in [0.3, 0.4) is 0 Å². The lowest BCUT2D eigenvalue weighted by Gasteiger charge is -2.56. The van der Waals surface area contributed by atoms with Crippen molar-refractivity contribution < 1.29 is 4.79 Å². The lowest BCUT2D eigenvalue weighted by molar-refractivity contribution is -0.124. The summed E-state index contributed by atoms with van der Waals surface area (Å²) in [7, 11) is 0. The predicted molar refractivity (Wildman–Crippen MR) is 136 cm³/mol. The van der Waals surface area contributed by atoms with E-state index in [-0.39, 0.29) is 11.4 Å². The van der Waals surface area contributed by atoms with Gasteiger partial charge in [-0.3, -0.25) is 4.79 Å². The van der Waals surface area contributed by atoms with Gasteiger partial charge < -0.3 is 14.9 Å². The maximum Gasteiger partial charge on any atom is 0.230 e. The van der Waals surface area contributed by atoms with E-state index in [0.29, 0.717) is 18.7 Å². The highest BCUT2D eigenvalue weighted by Crippen LogP contribution is 2.55. The summed E-state index contributed by atoms with van der Waals surface area (Å²) in [6.45, 7) is 6.66. The van der Waals surface area contributed by atoms with Crippen molar-refractivity contribution in [2.75, 3.05) is 5.75 Å². The number of hydrogen-bond donors (Lipinski definition) is 2. The Labute approximate surface area is 205 Å². The molecule has 34 heavy (non-hydrogen) atoms. The number of H-pyrrole nitrogens is 1. The number of aromatic nitrogens is 4. The highest BCUT2D eigenvalue weighted by Gasteiger charge is 2.51. The summed E-state index contributed by atoms with van der Waals surface area (Å²) in [4.78, 5) is 16.5. The molecule has 178 valence electrons. The number of carbonyl (C=O) groups excluding carboxylic acids is 1. The standard InChI is InChI=1S/C27H33N5OS/c1-3-8-32-24(12-22-17(2)28-23-7-5-4-6-21(22)23)30-31-26(32)34-16-25(33)29-27-13-18-9-19(14-27)11-20(10-18)15-27/h3-7,18-20,28H,1,8-16H2,2H3,(H,29,33). The highest BCUT2D eigenvalue weighted by molar-refractivity contribution is 7.99. The van der Waals surface area contributed by atoms with Gasteiger partial charge in [0.2, 0.25) is 5.91 Å². The average Bonchev–Trinajstić information content (AvgIpc) is 3.32. The molecule has 4 fully saturated rings. The van der Waals surface area contributed by atoms with E-state index < -0.39 is 0 Å². The lowest BCUT2D eigenvalue weighted by atomic mass is 9.53. The molecule has 4 aliphatic carbocycles. The van der Waals surface area contributed by atoms with Crippen molar-refractivity contribution in [2.45, 2.75) is 69.1 Å². The first-order valence-electron chi connectivity index (χ1n) is 12.5. The molecule has 4 bridgehead atoms. The summed E-state index contributed by atoms with van der Waals surface area (Å²) in [6, 6.07) is 8.36. The fraction of sp³-hybridized carbons (Fsp3) is 0.519. The Bertz CT molecular complexity index is 1210. The number of aromatic amines is 1. The molecular formula is C27H33N5OS. The van der Waals surface area contributed by atoms with Crippen LogP contribution in [0.5, 0.6) is 0 Å². The van der Waals surface area contributed by atoms with Crippen molar-refractivity contribution in [2.24, 2.45) is 17.8 Å². The van der Waals surface area contributed by atoms with E-state index in [1.165, 1.54) is 61.2 Å². The molecule has 0 aliphatic heterocycles. The van der Waals surface area contributed by atoms with Crippen LogP contribution in [-0.2, 0) is 17.8 Å². The number of nitrogens with zero attached hydrogens (tertiary/aromatic N) is 3. The second kappa shape index (κ2) is 8.59. The molecule has 4 saturated carbocycles. The van der Waals surface area contributed by atoms with Gasteiger partial charge in [-0.05, 0) is 74.8 Å². The minimum atomic E-state index is 0.0548. The molecular weight excluding hydrogens is 442 g/mol. The molecule has 2 N–H and O–H groups in total. The number of thioether (sulfide) groups is 1. The number of rotatable bonds is 8. The maximum absolute atomic E-state index is 13.0. The maximum atomic E-state index is 13.0. The molecule has 0 atom stereocenters. The van der Waals surface area contributed by atoms with Gasteiger partial charge in [-0.15, -0.1) is 16.8 Å². The Balaban J connectivity index is 1.15. The van der Waals surface area contributed by atoms with Gasteiger partial charge in [-0.2, -0.15) is 0 Å². The third-order valence-corrected chi connectivity index (χ3v) is 9.21. The molecule has 0 radical (unpaired) electrons. The lowest BCUT2D eigenvalue weighted by Crippen LogP contribution is -2.60. The predicted octanol–water partition coefficient (Wildman–Crippen LogP) is 5.02. The van der Waals surface area contributed by atoms with Crippen molar-refractivity contribution in [3.63, 3.8) is 0 Å². The van der Waals surface area contributed by atoms with Crippen LogP contribution >= 0.6 is 11.8 Å².